The van der Waals surface area contributed by atoms with E-state index in [9.17, 15) is 9.59 Å². The van der Waals surface area contributed by atoms with Crippen LogP contribution in [0.25, 0.3) is 0 Å². The first-order valence-electron chi connectivity index (χ1n) is 7.67. The zero-order chi connectivity index (χ0) is 15.4. The van der Waals surface area contributed by atoms with E-state index in [4.69, 9.17) is 0 Å². The molecule has 1 aliphatic heterocycles. The Morgan fingerprint density at radius 3 is 2.52 bits per heavy atom. The summed E-state index contributed by atoms with van der Waals surface area (Å²) in [5, 5.41) is 2.79. The van der Waals surface area contributed by atoms with Gasteiger partial charge in [-0.15, -0.1) is 0 Å². The zero-order valence-electron chi connectivity index (χ0n) is 13.0. The first-order valence-corrected chi connectivity index (χ1v) is 7.67. The lowest BCUT2D eigenvalue weighted by molar-refractivity contribution is -0.149. The van der Waals surface area contributed by atoms with Crippen molar-refractivity contribution in [2.24, 2.45) is 5.92 Å². The zero-order valence-corrected chi connectivity index (χ0v) is 13.0. The summed E-state index contributed by atoms with van der Waals surface area (Å²) in [6, 6.07) is 9.04. The van der Waals surface area contributed by atoms with Crippen LogP contribution in [0.4, 0.5) is 0 Å². The van der Waals surface area contributed by atoms with Crippen LogP contribution in [0.15, 0.2) is 30.3 Å². The van der Waals surface area contributed by atoms with Gasteiger partial charge in [-0.1, -0.05) is 50.6 Å². The second-order valence-electron chi connectivity index (χ2n) is 5.94. The van der Waals surface area contributed by atoms with E-state index in [1.807, 2.05) is 30.3 Å². The molecule has 0 radical (unpaired) electrons. The van der Waals surface area contributed by atoms with Crippen LogP contribution in [-0.4, -0.2) is 35.3 Å². The van der Waals surface area contributed by atoms with Crippen LogP contribution < -0.4 is 5.32 Å². The van der Waals surface area contributed by atoms with E-state index in [1.54, 1.807) is 11.8 Å². The highest BCUT2D eigenvalue weighted by molar-refractivity contribution is 5.96. The molecule has 0 saturated carbocycles. The molecular weight excluding hydrogens is 264 g/mol. The SMILES string of the molecule is CCC(C)CN1C(=O)C(C)NC(=O)C1Cc1ccccc1. The number of benzene rings is 1. The van der Waals surface area contributed by atoms with Crippen molar-refractivity contribution in [1.82, 2.24) is 10.2 Å². The van der Waals surface area contributed by atoms with Gasteiger partial charge < -0.3 is 10.2 Å². The number of amides is 2. The molecule has 1 heterocycles. The highest BCUT2D eigenvalue weighted by atomic mass is 16.2. The molecule has 1 fully saturated rings. The largest absolute Gasteiger partial charge is 0.343 e. The fourth-order valence-electron chi connectivity index (χ4n) is 2.64. The van der Waals surface area contributed by atoms with Crippen molar-refractivity contribution in [3.63, 3.8) is 0 Å². The lowest BCUT2D eigenvalue weighted by Gasteiger charge is -2.39. The summed E-state index contributed by atoms with van der Waals surface area (Å²) in [5.74, 6) is 0.371. The molecule has 2 rings (SSSR count). The predicted molar refractivity (Wildman–Crippen MR) is 82.7 cm³/mol. The molecule has 2 amide bonds. The van der Waals surface area contributed by atoms with Crippen molar-refractivity contribution in [3.8, 4) is 0 Å². The Morgan fingerprint density at radius 1 is 1.24 bits per heavy atom. The van der Waals surface area contributed by atoms with E-state index in [-0.39, 0.29) is 11.8 Å². The summed E-state index contributed by atoms with van der Waals surface area (Å²) in [4.78, 5) is 26.5. The van der Waals surface area contributed by atoms with Crippen molar-refractivity contribution in [1.29, 1.82) is 0 Å². The van der Waals surface area contributed by atoms with Crippen LogP contribution in [0, 0.1) is 5.92 Å². The average molecular weight is 288 g/mol. The van der Waals surface area contributed by atoms with Crippen LogP contribution in [0.2, 0.25) is 0 Å². The van der Waals surface area contributed by atoms with Gasteiger partial charge in [0.15, 0.2) is 0 Å². The van der Waals surface area contributed by atoms with Gasteiger partial charge in [-0.3, -0.25) is 9.59 Å². The molecule has 4 heteroatoms. The summed E-state index contributed by atoms with van der Waals surface area (Å²) in [6.45, 7) is 6.62. The Bertz CT molecular complexity index is 501. The van der Waals surface area contributed by atoms with Crippen LogP contribution in [0.3, 0.4) is 0 Å². The normalized spacial score (nSPS) is 23.9. The van der Waals surface area contributed by atoms with Gasteiger partial charge in [0.25, 0.3) is 0 Å². The number of nitrogens with zero attached hydrogens (tertiary/aromatic N) is 1. The number of hydrogen-bond acceptors (Lipinski definition) is 2. The molecule has 114 valence electrons. The Labute approximate surface area is 126 Å². The number of piperazine rings is 1. The van der Waals surface area contributed by atoms with Gasteiger partial charge >= 0.3 is 0 Å². The lowest BCUT2D eigenvalue weighted by atomic mass is 9.98. The standard InChI is InChI=1S/C17H24N2O2/c1-4-12(2)11-19-15(10-14-8-6-5-7-9-14)16(20)18-13(3)17(19)21/h5-9,12-13,15H,4,10-11H2,1-3H3,(H,18,20). The first-order chi connectivity index (χ1) is 10.0. The molecule has 4 nitrogen and oxygen atoms in total. The number of carbonyl (C=O) groups excluding carboxylic acids is 2. The van der Waals surface area contributed by atoms with E-state index in [2.05, 4.69) is 19.2 Å². The van der Waals surface area contributed by atoms with Gasteiger partial charge in [-0.2, -0.15) is 0 Å². The second kappa shape index (κ2) is 6.74. The maximum Gasteiger partial charge on any atom is 0.245 e. The molecule has 1 saturated heterocycles. The van der Waals surface area contributed by atoms with Crippen molar-refractivity contribution >= 4 is 11.8 Å². The molecule has 0 aliphatic carbocycles. The third-order valence-electron chi connectivity index (χ3n) is 4.17. The highest BCUT2D eigenvalue weighted by Crippen LogP contribution is 2.18. The molecule has 21 heavy (non-hydrogen) atoms. The second-order valence-corrected chi connectivity index (χ2v) is 5.94. The predicted octanol–water partition coefficient (Wildman–Crippen LogP) is 1.99. The molecule has 1 aromatic rings. The van der Waals surface area contributed by atoms with E-state index in [1.165, 1.54) is 0 Å². The Balaban J connectivity index is 2.20. The van der Waals surface area contributed by atoms with Crippen molar-refractivity contribution in [2.45, 2.75) is 45.7 Å². The maximum absolute atomic E-state index is 12.4. The third kappa shape index (κ3) is 3.63. The highest BCUT2D eigenvalue weighted by Gasteiger charge is 2.38. The summed E-state index contributed by atoms with van der Waals surface area (Å²) < 4.78 is 0. The molecule has 1 aromatic carbocycles. The fraction of sp³-hybridized carbons (Fsp3) is 0.529. The number of rotatable bonds is 5. The summed E-state index contributed by atoms with van der Waals surface area (Å²) in [7, 11) is 0. The van der Waals surface area contributed by atoms with Gasteiger partial charge in [-0.05, 0) is 18.4 Å². The minimum Gasteiger partial charge on any atom is -0.343 e. The molecule has 1 aliphatic rings. The molecule has 3 atom stereocenters. The van der Waals surface area contributed by atoms with Gasteiger partial charge in [0, 0.05) is 13.0 Å². The van der Waals surface area contributed by atoms with Crippen molar-refractivity contribution < 1.29 is 9.59 Å². The third-order valence-corrected chi connectivity index (χ3v) is 4.17. The first kappa shape index (κ1) is 15.5. The number of nitrogens with one attached hydrogen (secondary N) is 1. The maximum atomic E-state index is 12.4. The summed E-state index contributed by atoms with van der Waals surface area (Å²) in [6.07, 6.45) is 1.57. The molecule has 3 unspecified atom stereocenters. The van der Waals surface area contributed by atoms with Gasteiger partial charge in [0.1, 0.15) is 12.1 Å². The molecule has 0 bridgehead atoms. The number of carbonyl (C=O) groups is 2. The fourth-order valence-corrected chi connectivity index (χ4v) is 2.64. The minimum atomic E-state index is -0.423. The smallest absolute Gasteiger partial charge is 0.245 e. The average Bonchev–Trinajstić information content (AvgIpc) is 2.49. The van der Waals surface area contributed by atoms with E-state index < -0.39 is 12.1 Å². The summed E-state index contributed by atoms with van der Waals surface area (Å²) in [5.41, 5.74) is 1.08. The molecular formula is C17H24N2O2. The van der Waals surface area contributed by atoms with Crippen LogP contribution in [-0.2, 0) is 16.0 Å². The topological polar surface area (TPSA) is 49.4 Å². The quantitative estimate of drug-likeness (QED) is 0.901. The Morgan fingerprint density at radius 2 is 1.90 bits per heavy atom. The van der Waals surface area contributed by atoms with Crippen LogP contribution >= 0.6 is 0 Å². The van der Waals surface area contributed by atoms with Crippen LogP contribution in [0.1, 0.15) is 32.8 Å². The van der Waals surface area contributed by atoms with E-state index in [0.29, 0.717) is 18.9 Å². The van der Waals surface area contributed by atoms with Gasteiger partial charge in [0.05, 0.1) is 0 Å². The van der Waals surface area contributed by atoms with Crippen molar-refractivity contribution in [2.75, 3.05) is 6.54 Å². The minimum absolute atomic E-state index is 0.0239. The number of hydrogen-bond donors (Lipinski definition) is 1. The summed E-state index contributed by atoms with van der Waals surface area (Å²) >= 11 is 0. The monoisotopic (exact) mass is 288 g/mol. The molecule has 1 N–H and O–H groups in total. The molecule has 0 spiro atoms. The lowest BCUT2D eigenvalue weighted by Crippen LogP contribution is -2.63. The van der Waals surface area contributed by atoms with Crippen LogP contribution in [0.5, 0.6) is 0 Å². The van der Waals surface area contributed by atoms with Gasteiger partial charge in [0.2, 0.25) is 11.8 Å². The van der Waals surface area contributed by atoms with E-state index in [0.717, 1.165) is 12.0 Å². The van der Waals surface area contributed by atoms with Gasteiger partial charge in [-0.25, -0.2) is 0 Å². The Kier molecular flexibility index (Phi) is 4.99. The van der Waals surface area contributed by atoms with Crippen molar-refractivity contribution in [3.05, 3.63) is 35.9 Å². The van der Waals surface area contributed by atoms with E-state index >= 15 is 0 Å². The molecule has 0 aromatic heterocycles. The Hall–Kier alpha value is -1.84.